The van der Waals surface area contributed by atoms with E-state index in [-0.39, 0.29) is 5.78 Å². The number of halogens is 1. The second-order valence-electron chi connectivity index (χ2n) is 4.35. The van der Waals surface area contributed by atoms with E-state index in [0.717, 1.165) is 5.56 Å². The number of ether oxygens (including phenoxy) is 2. The number of hydrogen-bond donors (Lipinski definition) is 0. The minimum absolute atomic E-state index is 0.214. The first-order chi connectivity index (χ1) is 10.0. The van der Waals surface area contributed by atoms with E-state index < -0.39 is 0 Å². The van der Waals surface area contributed by atoms with Gasteiger partial charge in [0, 0.05) is 0 Å². The van der Waals surface area contributed by atoms with Gasteiger partial charge in [-0.3, -0.25) is 4.79 Å². The summed E-state index contributed by atoms with van der Waals surface area (Å²) in [5.74, 6) is 1.75. The standard InChI is InChI=1S/C16H15ClO4/c1-10-4-7-14(21-10)13(18)6-5-11-8-12(17)16(20-3)15(9-11)19-2/h4-9H,1-3H3. The first-order valence-corrected chi connectivity index (χ1v) is 6.63. The zero-order chi connectivity index (χ0) is 15.4. The van der Waals surface area contributed by atoms with Crippen molar-refractivity contribution < 1.29 is 18.7 Å². The third-order valence-corrected chi connectivity index (χ3v) is 3.15. The summed E-state index contributed by atoms with van der Waals surface area (Å²) in [4.78, 5) is 11.9. The van der Waals surface area contributed by atoms with Crippen LogP contribution < -0.4 is 9.47 Å². The van der Waals surface area contributed by atoms with E-state index in [4.69, 9.17) is 25.5 Å². The normalized spacial score (nSPS) is 10.9. The van der Waals surface area contributed by atoms with Gasteiger partial charge in [-0.2, -0.15) is 0 Å². The number of aryl methyl sites for hydroxylation is 1. The van der Waals surface area contributed by atoms with Crippen molar-refractivity contribution in [2.45, 2.75) is 6.92 Å². The Kier molecular flexibility index (Phi) is 4.70. The topological polar surface area (TPSA) is 48.7 Å². The lowest BCUT2D eigenvalue weighted by molar-refractivity contribution is 0.102. The molecule has 0 aliphatic rings. The molecule has 0 N–H and O–H groups in total. The fraction of sp³-hybridized carbons (Fsp3) is 0.188. The zero-order valence-electron chi connectivity index (χ0n) is 12.0. The molecule has 1 aromatic carbocycles. The third kappa shape index (κ3) is 3.47. The molecule has 2 rings (SSSR count). The first-order valence-electron chi connectivity index (χ1n) is 6.25. The van der Waals surface area contributed by atoms with Crippen LogP contribution in [0.1, 0.15) is 21.9 Å². The lowest BCUT2D eigenvalue weighted by atomic mass is 10.1. The van der Waals surface area contributed by atoms with Gasteiger partial charge >= 0.3 is 0 Å². The zero-order valence-corrected chi connectivity index (χ0v) is 12.7. The fourth-order valence-corrected chi connectivity index (χ4v) is 2.15. The molecule has 0 unspecified atom stereocenters. The molecule has 0 saturated carbocycles. The summed E-state index contributed by atoms with van der Waals surface area (Å²) in [5.41, 5.74) is 0.731. The van der Waals surface area contributed by atoms with Crippen molar-refractivity contribution in [2.24, 2.45) is 0 Å². The lowest BCUT2D eigenvalue weighted by Gasteiger charge is -2.10. The maximum Gasteiger partial charge on any atom is 0.221 e. The van der Waals surface area contributed by atoms with Crippen molar-refractivity contribution >= 4 is 23.5 Å². The van der Waals surface area contributed by atoms with Crippen molar-refractivity contribution in [3.63, 3.8) is 0 Å². The van der Waals surface area contributed by atoms with Gasteiger partial charge in [-0.1, -0.05) is 17.7 Å². The third-order valence-electron chi connectivity index (χ3n) is 2.87. The number of rotatable bonds is 5. The molecule has 0 saturated heterocycles. The molecule has 0 aliphatic carbocycles. The van der Waals surface area contributed by atoms with E-state index in [1.54, 1.807) is 37.3 Å². The van der Waals surface area contributed by atoms with Gasteiger partial charge in [0.2, 0.25) is 5.78 Å². The molecule has 110 valence electrons. The summed E-state index contributed by atoms with van der Waals surface area (Å²) >= 11 is 6.11. The van der Waals surface area contributed by atoms with E-state index in [1.807, 2.05) is 0 Å². The maximum absolute atomic E-state index is 11.9. The Labute approximate surface area is 127 Å². The first kappa shape index (κ1) is 15.2. The summed E-state index contributed by atoms with van der Waals surface area (Å²) in [7, 11) is 3.04. The number of allylic oxidation sites excluding steroid dienone is 1. The number of ketones is 1. The van der Waals surface area contributed by atoms with Crippen LogP contribution in [0.3, 0.4) is 0 Å². The van der Waals surface area contributed by atoms with Gasteiger partial charge in [-0.25, -0.2) is 0 Å². The van der Waals surface area contributed by atoms with Crippen molar-refractivity contribution in [2.75, 3.05) is 14.2 Å². The summed E-state index contributed by atoms with van der Waals surface area (Å²) in [5, 5.41) is 0.415. The van der Waals surface area contributed by atoms with Crippen LogP contribution in [0.25, 0.3) is 6.08 Å². The second kappa shape index (κ2) is 6.50. The molecule has 1 aromatic heterocycles. The van der Waals surface area contributed by atoms with E-state index in [9.17, 15) is 4.79 Å². The highest BCUT2D eigenvalue weighted by Gasteiger charge is 2.10. The highest BCUT2D eigenvalue weighted by Crippen LogP contribution is 2.36. The quantitative estimate of drug-likeness (QED) is 0.615. The van der Waals surface area contributed by atoms with Gasteiger partial charge < -0.3 is 13.9 Å². The summed E-state index contributed by atoms with van der Waals surface area (Å²) in [6.07, 6.45) is 3.07. The van der Waals surface area contributed by atoms with Crippen molar-refractivity contribution in [3.05, 3.63) is 52.4 Å². The summed E-state index contributed by atoms with van der Waals surface area (Å²) < 4.78 is 15.6. The second-order valence-corrected chi connectivity index (χ2v) is 4.75. The Morgan fingerprint density at radius 2 is 2.00 bits per heavy atom. The van der Waals surface area contributed by atoms with Crippen LogP contribution >= 0.6 is 11.6 Å². The molecular weight excluding hydrogens is 292 g/mol. The predicted octanol–water partition coefficient (Wildman–Crippen LogP) is 4.15. The van der Waals surface area contributed by atoms with Crippen molar-refractivity contribution in [1.29, 1.82) is 0 Å². The molecule has 0 bridgehead atoms. The highest BCUT2D eigenvalue weighted by molar-refractivity contribution is 6.32. The van der Waals surface area contributed by atoms with Crippen LogP contribution in [-0.4, -0.2) is 20.0 Å². The number of carbonyl (C=O) groups is 1. The van der Waals surface area contributed by atoms with Crippen molar-refractivity contribution in [1.82, 2.24) is 0 Å². The number of furan rings is 1. The molecule has 2 aromatic rings. The average Bonchev–Trinajstić information content (AvgIpc) is 2.90. The minimum atomic E-state index is -0.214. The molecule has 4 nitrogen and oxygen atoms in total. The smallest absolute Gasteiger partial charge is 0.221 e. The Morgan fingerprint density at radius 3 is 2.57 bits per heavy atom. The Balaban J connectivity index is 2.25. The number of hydrogen-bond acceptors (Lipinski definition) is 4. The Hall–Kier alpha value is -2.20. The Morgan fingerprint density at radius 1 is 1.24 bits per heavy atom. The Bertz CT molecular complexity index is 686. The molecule has 1 heterocycles. The average molecular weight is 307 g/mol. The predicted molar refractivity (Wildman–Crippen MR) is 81.4 cm³/mol. The van der Waals surface area contributed by atoms with E-state index in [0.29, 0.717) is 28.0 Å². The molecule has 0 spiro atoms. The van der Waals surface area contributed by atoms with E-state index in [1.165, 1.54) is 20.3 Å². The van der Waals surface area contributed by atoms with Gasteiger partial charge in [-0.05, 0) is 42.8 Å². The van der Waals surface area contributed by atoms with Gasteiger partial charge in [0.05, 0.1) is 19.2 Å². The summed E-state index contributed by atoms with van der Waals surface area (Å²) in [6.45, 7) is 1.79. The fourth-order valence-electron chi connectivity index (χ4n) is 1.86. The summed E-state index contributed by atoms with van der Waals surface area (Å²) in [6, 6.07) is 6.82. The van der Waals surface area contributed by atoms with Gasteiger partial charge in [0.25, 0.3) is 0 Å². The maximum atomic E-state index is 11.9. The van der Waals surface area contributed by atoms with Gasteiger partial charge in [0.1, 0.15) is 5.76 Å². The number of benzene rings is 1. The monoisotopic (exact) mass is 306 g/mol. The number of carbonyl (C=O) groups excluding carboxylic acids is 1. The SMILES string of the molecule is COc1cc(C=CC(=O)c2ccc(C)o2)cc(Cl)c1OC. The van der Waals surface area contributed by atoms with E-state index >= 15 is 0 Å². The molecular formula is C16H15ClO4. The van der Waals surface area contributed by atoms with Crippen LogP contribution in [0, 0.1) is 6.92 Å². The van der Waals surface area contributed by atoms with Crippen molar-refractivity contribution in [3.8, 4) is 11.5 Å². The molecule has 0 radical (unpaired) electrons. The van der Waals surface area contributed by atoms with Crippen LogP contribution in [0.4, 0.5) is 0 Å². The number of methoxy groups -OCH3 is 2. The molecule has 0 atom stereocenters. The van der Waals surface area contributed by atoms with E-state index in [2.05, 4.69) is 0 Å². The lowest BCUT2D eigenvalue weighted by Crippen LogP contribution is -1.93. The molecule has 0 amide bonds. The highest BCUT2D eigenvalue weighted by atomic mass is 35.5. The van der Waals surface area contributed by atoms with Crippen LogP contribution in [0.5, 0.6) is 11.5 Å². The van der Waals surface area contributed by atoms with Crippen LogP contribution in [-0.2, 0) is 0 Å². The van der Waals surface area contributed by atoms with Crippen LogP contribution in [0.2, 0.25) is 5.02 Å². The largest absolute Gasteiger partial charge is 0.493 e. The molecule has 0 aliphatic heterocycles. The van der Waals surface area contributed by atoms with Crippen LogP contribution in [0.15, 0.2) is 34.8 Å². The molecule has 21 heavy (non-hydrogen) atoms. The molecule has 0 fully saturated rings. The van der Waals surface area contributed by atoms with Gasteiger partial charge in [0.15, 0.2) is 17.3 Å². The van der Waals surface area contributed by atoms with Gasteiger partial charge in [-0.15, -0.1) is 0 Å². The molecule has 5 heteroatoms. The minimum Gasteiger partial charge on any atom is -0.493 e.